The highest BCUT2D eigenvalue weighted by molar-refractivity contribution is 7.99. The van der Waals surface area contributed by atoms with Crippen LogP contribution < -0.4 is 4.74 Å². The summed E-state index contributed by atoms with van der Waals surface area (Å²) in [6.07, 6.45) is 4.71. The van der Waals surface area contributed by atoms with Crippen LogP contribution in [0.3, 0.4) is 0 Å². The van der Waals surface area contributed by atoms with E-state index >= 15 is 0 Å². The zero-order valence-electron chi connectivity index (χ0n) is 11.5. The van der Waals surface area contributed by atoms with Gasteiger partial charge in [-0.2, -0.15) is 11.8 Å². The van der Waals surface area contributed by atoms with Crippen LogP contribution in [-0.2, 0) is 10.2 Å². The third-order valence-electron chi connectivity index (χ3n) is 4.21. The van der Waals surface area contributed by atoms with E-state index in [9.17, 15) is 4.79 Å². The fraction of sp³-hybridized carbons (Fsp3) is 0.562. The lowest BCUT2D eigenvalue weighted by atomic mass is 9.91. The number of aliphatic carboxylic acids is 1. The highest BCUT2D eigenvalue weighted by Gasteiger charge is 2.47. The molecule has 108 valence electrons. The maximum Gasteiger partial charge on any atom is 0.304 e. The number of para-hydroxylation sites is 1. The Kier molecular flexibility index (Phi) is 3.92. The van der Waals surface area contributed by atoms with Crippen LogP contribution in [0.4, 0.5) is 0 Å². The van der Waals surface area contributed by atoms with E-state index in [1.54, 1.807) is 0 Å². The SMILES string of the molecule is O=C(O)CC1(c2ccccc2OC2CCCSC2)CC1. The van der Waals surface area contributed by atoms with Crippen LogP contribution in [-0.4, -0.2) is 28.7 Å². The van der Waals surface area contributed by atoms with E-state index in [0.29, 0.717) is 0 Å². The Bertz CT molecular complexity index is 490. The summed E-state index contributed by atoms with van der Waals surface area (Å²) in [7, 11) is 0. The van der Waals surface area contributed by atoms with E-state index < -0.39 is 5.97 Å². The second-order valence-corrected chi connectivity index (χ2v) is 6.95. The summed E-state index contributed by atoms with van der Waals surface area (Å²) < 4.78 is 6.18. The molecular formula is C16H20O3S. The lowest BCUT2D eigenvalue weighted by Gasteiger charge is -2.26. The molecule has 0 spiro atoms. The average molecular weight is 292 g/mol. The molecule has 1 aliphatic heterocycles. The van der Waals surface area contributed by atoms with E-state index in [0.717, 1.165) is 36.3 Å². The van der Waals surface area contributed by atoms with Gasteiger partial charge in [0.25, 0.3) is 0 Å². The number of carbonyl (C=O) groups is 1. The number of ether oxygens (including phenoxy) is 1. The first kappa shape index (κ1) is 13.8. The molecule has 1 saturated heterocycles. The third kappa shape index (κ3) is 2.95. The molecule has 0 radical (unpaired) electrons. The Morgan fingerprint density at radius 2 is 2.20 bits per heavy atom. The number of hydrogen-bond acceptors (Lipinski definition) is 3. The maximum atomic E-state index is 11.1. The molecule has 1 atom stereocenters. The van der Waals surface area contributed by atoms with Gasteiger partial charge in [0.2, 0.25) is 0 Å². The molecule has 1 aromatic rings. The first-order valence-electron chi connectivity index (χ1n) is 7.25. The zero-order valence-corrected chi connectivity index (χ0v) is 12.3. The molecule has 0 aromatic heterocycles. The van der Waals surface area contributed by atoms with Crippen molar-refractivity contribution in [1.82, 2.24) is 0 Å². The van der Waals surface area contributed by atoms with Crippen LogP contribution in [0.25, 0.3) is 0 Å². The van der Waals surface area contributed by atoms with Gasteiger partial charge in [-0.1, -0.05) is 18.2 Å². The van der Waals surface area contributed by atoms with Gasteiger partial charge in [0.1, 0.15) is 11.9 Å². The smallest absolute Gasteiger partial charge is 0.304 e. The summed E-state index contributed by atoms with van der Waals surface area (Å²) >= 11 is 1.94. The van der Waals surface area contributed by atoms with Gasteiger partial charge in [-0.15, -0.1) is 0 Å². The topological polar surface area (TPSA) is 46.5 Å². The normalized spacial score (nSPS) is 24.1. The zero-order chi connectivity index (χ0) is 14.0. The van der Waals surface area contributed by atoms with E-state index in [1.807, 2.05) is 36.0 Å². The number of hydrogen-bond donors (Lipinski definition) is 1. The van der Waals surface area contributed by atoms with Crippen LogP contribution in [0.2, 0.25) is 0 Å². The second kappa shape index (κ2) is 5.68. The van der Waals surface area contributed by atoms with E-state index in [4.69, 9.17) is 9.84 Å². The fourth-order valence-corrected chi connectivity index (χ4v) is 4.01. The van der Waals surface area contributed by atoms with Crippen molar-refractivity contribution in [3.63, 3.8) is 0 Å². The van der Waals surface area contributed by atoms with Crippen molar-refractivity contribution >= 4 is 17.7 Å². The molecule has 4 heteroatoms. The average Bonchev–Trinajstić information content (AvgIpc) is 3.20. The minimum absolute atomic E-state index is 0.176. The van der Waals surface area contributed by atoms with Crippen LogP contribution in [0.15, 0.2) is 24.3 Å². The quantitative estimate of drug-likeness (QED) is 0.902. The number of rotatable bonds is 5. The largest absolute Gasteiger partial charge is 0.489 e. The molecule has 2 aliphatic rings. The first-order chi connectivity index (χ1) is 9.70. The molecule has 1 unspecified atom stereocenters. The second-order valence-electron chi connectivity index (χ2n) is 5.80. The number of carboxylic acid groups (broad SMARTS) is 1. The highest BCUT2D eigenvalue weighted by Crippen LogP contribution is 2.54. The third-order valence-corrected chi connectivity index (χ3v) is 5.40. The maximum absolute atomic E-state index is 11.1. The van der Waals surface area contributed by atoms with Crippen molar-refractivity contribution in [1.29, 1.82) is 0 Å². The fourth-order valence-electron chi connectivity index (χ4n) is 2.97. The summed E-state index contributed by atoms with van der Waals surface area (Å²) in [4.78, 5) is 11.1. The van der Waals surface area contributed by atoms with Gasteiger partial charge in [-0.3, -0.25) is 4.79 Å². The molecular weight excluding hydrogens is 272 g/mol. The summed E-state index contributed by atoms with van der Waals surface area (Å²) in [6.45, 7) is 0. The van der Waals surface area contributed by atoms with Gasteiger partial charge in [-0.25, -0.2) is 0 Å². The van der Waals surface area contributed by atoms with Crippen molar-refractivity contribution < 1.29 is 14.6 Å². The number of thioether (sulfide) groups is 1. The first-order valence-corrected chi connectivity index (χ1v) is 8.41. The van der Waals surface area contributed by atoms with Gasteiger partial charge in [-0.05, 0) is 37.5 Å². The predicted octanol–water partition coefficient (Wildman–Crippen LogP) is 3.47. The molecule has 2 fully saturated rings. The molecule has 1 aliphatic carbocycles. The van der Waals surface area contributed by atoms with E-state index in [-0.39, 0.29) is 17.9 Å². The standard InChI is InChI=1S/C16H20O3S/c17-15(18)10-16(7-8-16)13-5-1-2-6-14(13)19-12-4-3-9-20-11-12/h1-2,5-6,12H,3-4,7-11H2,(H,17,18). The molecule has 20 heavy (non-hydrogen) atoms. The van der Waals surface area contributed by atoms with Gasteiger partial charge >= 0.3 is 5.97 Å². The summed E-state index contributed by atoms with van der Waals surface area (Å²) in [5, 5.41) is 9.12. The van der Waals surface area contributed by atoms with Gasteiger partial charge in [0.15, 0.2) is 0 Å². The molecule has 3 rings (SSSR count). The summed E-state index contributed by atoms with van der Waals surface area (Å²) in [5.41, 5.74) is 0.919. The van der Waals surface area contributed by atoms with Crippen molar-refractivity contribution in [3.05, 3.63) is 29.8 Å². The van der Waals surface area contributed by atoms with Crippen LogP contribution in [0.5, 0.6) is 5.75 Å². The van der Waals surface area contributed by atoms with Crippen LogP contribution >= 0.6 is 11.8 Å². The van der Waals surface area contributed by atoms with E-state index in [2.05, 4.69) is 0 Å². The van der Waals surface area contributed by atoms with Gasteiger partial charge in [0, 0.05) is 16.7 Å². The Morgan fingerprint density at radius 1 is 1.40 bits per heavy atom. The summed E-state index contributed by atoms with van der Waals surface area (Å²) in [6, 6.07) is 8.00. The van der Waals surface area contributed by atoms with Crippen molar-refractivity contribution in [2.75, 3.05) is 11.5 Å². The van der Waals surface area contributed by atoms with E-state index in [1.165, 1.54) is 12.2 Å². The summed E-state index contributed by atoms with van der Waals surface area (Å²) in [5.74, 6) is 2.45. The number of carboxylic acids is 1. The molecule has 1 N–H and O–H groups in total. The molecule has 1 saturated carbocycles. The van der Waals surface area contributed by atoms with Crippen molar-refractivity contribution in [3.8, 4) is 5.75 Å². The predicted molar refractivity (Wildman–Crippen MR) is 80.6 cm³/mol. The molecule has 0 bridgehead atoms. The van der Waals surface area contributed by atoms with Gasteiger partial charge < -0.3 is 9.84 Å². The Labute approximate surface area is 123 Å². The Hall–Kier alpha value is -1.16. The molecule has 0 amide bonds. The lowest BCUT2D eigenvalue weighted by Crippen LogP contribution is -2.25. The minimum atomic E-state index is -0.717. The highest BCUT2D eigenvalue weighted by atomic mass is 32.2. The molecule has 1 heterocycles. The van der Waals surface area contributed by atoms with Crippen LogP contribution in [0.1, 0.15) is 37.7 Å². The lowest BCUT2D eigenvalue weighted by molar-refractivity contribution is -0.137. The minimum Gasteiger partial charge on any atom is -0.489 e. The molecule has 3 nitrogen and oxygen atoms in total. The van der Waals surface area contributed by atoms with Crippen molar-refractivity contribution in [2.45, 2.75) is 43.6 Å². The van der Waals surface area contributed by atoms with Crippen molar-refractivity contribution in [2.24, 2.45) is 0 Å². The molecule has 1 aromatic carbocycles. The van der Waals surface area contributed by atoms with Gasteiger partial charge in [0.05, 0.1) is 6.42 Å². The number of benzene rings is 1. The monoisotopic (exact) mass is 292 g/mol. The Balaban J connectivity index is 1.79. The van der Waals surface area contributed by atoms with Crippen LogP contribution in [0, 0.1) is 0 Å². The Morgan fingerprint density at radius 3 is 2.85 bits per heavy atom.